The highest BCUT2D eigenvalue weighted by Gasteiger charge is 2.10. The van der Waals surface area contributed by atoms with E-state index in [9.17, 15) is 4.79 Å². The van der Waals surface area contributed by atoms with Gasteiger partial charge in [-0.05, 0) is 31.5 Å². The molecule has 0 aliphatic heterocycles. The third kappa shape index (κ3) is 2.01. The van der Waals surface area contributed by atoms with Crippen molar-refractivity contribution in [2.24, 2.45) is 0 Å². The lowest BCUT2D eigenvalue weighted by molar-refractivity contribution is 0.777. The highest BCUT2D eigenvalue weighted by atomic mass is 35.5. The van der Waals surface area contributed by atoms with Gasteiger partial charge in [-0.3, -0.25) is 4.79 Å². The molecule has 0 saturated heterocycles. The Labute approximate surface area is 109 Å². The number of rotatable bonds is 1. The summed E-state index contributed by atoms with van der Waals surface area (Å²) in [6.45, 7) is 3.51. The van der Waals surface area contributed by atoms with Crippen molar-refractivity contribution >= 4 is 11.6 Å². The van der Waals surface area contributed by atoms with Crippen LogP contribution in [-0.4, -0.2) is 9.78 Å². The Hall–Kier alpha value is -2.12. The van der Waals surface area contributed by atoms with Gasteiger partial charge in [0.25, 0.3) is 5.56 Å². The molecule has 0 bridgehead atoms. The van der Waals surface area contributed by atoms with Crippen molar-refractivity contribution in [1.29, 1.82) is 5.26 Å². The first-order valence-electron chi connectivity index (χ1n) is 5.31. The smallest absolute Gasteiger partial charge is 0.267 e. The van der Waals surface area contributed by atoms with Crippen molar-refractivity contribution in [3.05, 3.63) is 56.5 Å². The van der Waals surface area contributed by atoms with Crippen LogP contribution in [0.1, 0.15) is 16.8 Å². The minimum atomic E-state index is -0.345. The van der Waals surface area contributed by atoms with Crippen molar-refractivity contribution in [1.82, 2.24) is 9.78 Å². The fraction of sp³-hybridized carbons (Fsp3) is 0.154. The molecule has 0 spiro atoms. The van der Waals surface area contributed by atoms with E-state index in [1.165, 1.54) is 10.7 Å². The first-order valence-corrected chi connectivity index (χ1v) is 5.69. The quantitative estimate of drug-likeness (QED) is 0.790. The summed E-state index contributed by atoms with van der Waals surface area (Å²) < 4.78 is 1.26. The number of nitriles is 1. The van der Waals surface area contributed by atoms with Crippen LogP contribution in [0.5, 0.6) is 0 Å². The van der Waals surface area contributed by atoms with Crippen LogP contribution in [0.25, 0.3) is 5.69 Å². The van der Waals surface area contributed by atoms with Crippen molar-refractivity contribution < 1.29 is 0 Å². The van der Waals surface area contributed by atoms with Crippen LogP contribution >= 0.6 is 11.6 Å². The molecule has 5 heteroatoms. The first kappa shape index (κ1) is 12.3. The maximum atomic E-state index is 11.9. The van der Waals surface area contributed by atoms with Gasteiger partial charge in [0, 0.05) is 11.1 Å². The number of halogens is 1. The van der Waals surface area contributed by atoms with Crippen LogP contribution in [-0.2, 0) is 0 Å². The summed E-state index contributed by atoms with van der Waals surface area (Å²) >= 11 is 6.02. The molecule has 1 heterocycles. The molecule has 0 aliphatic rings. The summed E-state index contributed by atoms with van der Waals surface area (Å²) in [5.41, 5.74) is 1.85. The number of aromatic nitrogens is 2. The Kier molecular flexibility index (Phi) is 3.17. The maximum absolute atomic E-state index is 11.9. The second-order valence-corrected chi connectivity index (χ2v) is 4.30. The van der Waals surface area contributed by atoms with Gasteiger partial charge in [0.1, 0.15) is 6.07 Å². The van der Waals surface area contributed by atoms with Gasteiger partial charge in [0.15, 0.2) is 0 Å². The predicted octanol–water partition coefficient (Wildman–Crippen LogP) is 2.37. The monoisotopic (exact) mass is 259 g/mol. The summed E-state index contributed by atoms with van der Waals surface area (Å²) in [6.07, 6.45) is 0. The molecule has 90 valence electrons. The van der Waals surface area contributed by atoms with Crippen LogP contribution in [0.3, 0.4) is 0 Å². The van der Waals surface area contributed by atoms with Gasteiger partial charge in [-0.1, -0.05) is 17.7 Å². The SMILES string of the molecule is Cc1nn(-c2cccc(Cl)c2C)c(=O)cc1C#N. The summed E-state index contributed by atoms with van der Waals surface area (Å²) in [4.78, 5) is 11.9. The van der Waals surface area contributed by atoms with Crippen molar-refractivity contribution in [3.8, 4) is 11.8 Å². The van der Waals surface area contributed by atoms with E-state index in [-0.39, 0.29) is 11.1 Å². The Morgan fingerprint density at radius 2 is 2.11 bits per heavy atom. The van der Waals surface area contributed by atoms with Crippen LogP contribution in [0.4, 0.5) is 0 Å². The molecule has 0 amide bonds. The predicted molar refractivity (Wildman–Crippen MR) is 69.0 cm³/mol. The van der Waals surface area contributed by atoms with E-state index in [2.05, 4.69) is 5.10 Å². The highest BCUT2D eigenvalue weighted by Crippen LogP contribution is 2.20. The first-order chi connectivity index (χ1) is 8.54. The fourth-order valence-corrected chi connectivity index (χ4v) is 1.82. The standard InChI is InChI=1S/C13H10ClN3O/c1-8-11(14)4-3-5-12(8)17-13(18)6-10(7-15)9(2)16-17/h3-6H,1-2H3. The number of hydrogen-bond donors (Lipinski definition) is 0. The van der Waals surface area contributed by atoms with Crippen LogP contribution in [0.15, 0.2) is 29.1 Å². The van der Waals surface area contributed by atoms with Gasteiger partial charge < -0.3 is 0 Å². The van der Waals surface area contributed by atoms with E-state index < -0.39 is 0 Å². The normalized spacial score (nSPS) is 10.1. The zero-order chi connectivity index (χ0) is 13.3. The number of benzene rings is 1. The van der Waals surface area contributed by atoms with Gasteiger partial charge in [-0.25, -0.2) is 0 Å². The van der Waals surface area contributed by atoms with E-state index in [4.69, 9.17) is 16.9 Å². The molecule has 1 aromatic heterocycles. The van der Waals surface area contributed by atoms with Crippen molar-refractivity contribution in [2.45, 2.75) is 13.8 Å². The van der Waals surface area contributed by atoms with E-state index in [1.54, 1.807) is 25.1 Å². The summed E-state index contributed by atoms with van der Waals surface area (Å²) in [6, 6.07) is 8.49. The van der Waals surface area contributed by atoms with E-state index in [0.29, 0.717) is 16.4 Å². The summed E-state index contributed by atoms with van der Waals surface area (Å²) in [7, 11) is 0. The van der Waals surface area contributed by atoms with Gasteiger partial charge in [-0.2, -0.15) is 15.0 Å². The van der Waals surface area contributed by atoms with Crippen LogP contribution < -0.4 is 5.56 Å². The average Bonchev–Trinajstić information content (AvgIpc) is 2.35. The number of nitrogens with zero attached hydrogens (tertiary/aromatic N) is 3. The summed E-state index contributed by atoms with van der Waals surface area (Å²) in [5.74, 6) is 0. The van der Waals surface area contributed by atoms with Crippen LogP contribution in [0, 0.1) is 25.2 Å². The topological polar surface area (TPSA) is 58.7 Å². The lowest BCUT2D eigenvalue weighted by Crippen LogP contribution is -2.22. The zero-order valence-electron chi connectivity index (χ0n) is 9.94. The minimum Gasteiger partial charge on any atom is -0.267 e. The van der Waals surface area contributed by atoms with E-state index in [0.717, 1.165) is 5.56 Å². The lowest BCUT2D eigenvalue weighted by Gasteiger charge is -2.10. The molecule has 0 unspecified atom stereocenters. The Balaban J connectivity index is 2.74. The van der Waals surface area contributed by atoms with E-state index in [1.807, 2.05) is 13.0 Å². The summed E-state index contributed by atoms with van der Waals surface area (Å²) in [5, 5.41) is 13.6. The van der Waals surface area contributed by atoms with Crippen LogP contribution in [0.2, 0.25) is 5.02 Å². The number of hydrogen-bond acceptors (Lipinski definition) is 3. The van der Waals surface area contributed by atoms with E-state index >= 15 is 0 Å². The Bertz CT molecular complexity index is 713. The van der Waals surface area contributed by atoms with Gasteiger partial charge >= 0.3 is 0 Å². The van der Waals surface area contributed by atoms with Gasteiger partial charge in [-0.15, -0.1) is 0 Å². The Morgan fingerprint density at radius 3 is 2.78 bits per heavy atom. The third-order valence-electron chi connectivity index (χ3n) is 2.70. The molecule has 0 aliphatic carbocycles. The Morgan fingerprint density at radius 1 is 1.39 bits per heavy atom. The molecular formula is C13H10ClN3O. The van der Waals surface area contributed by atoms with Crippen molar-refractivity contribution in [2.75, 3.05) is 0 Å². The number of aryl methyl sites for hydroxylation is 1. The largest absolute Gasteiger partial charge is 0.272 e. The molecule has 0 radical (unpaired) electrons. The fourth-order valence-electron chi connectivity index (χ4n) is 1.65. The maximum Gasteiger partial charge on any atom is 0.272 e. The molecule has 4 nitrogen and oxygen atoms in total. The molecule has 18 heavy (non-hydrogen) atoms. The lowest BCUT2D eigenvalue weighted by atomic mass is 10.2. The molecule has 2 rings (SSSR count). The molecule has 0 atom stereocenters. The average molecular weight is 260 g/mol. The van der Waals surface area contributed by atoms with Gasteiger partial charge in [0.05, 0.1) is 16.9 Å². The van der Waals surface area contributed by atoms with Gasteiger partial charge in [0.2, 0.25) is 0 Å². The second-order valence-electron chi connectivity index (χ2n) is 3.89. The second kappa shape index (κ2) is 4.63. The molecule has 1 aromatic carbocycles. The molecule has 0 N–H and O–H groups in total. The highest BCUT2D eigenvalue weighted by molar-refractivity contribution is 6.31. The molecule has 0 saturated carbocycles. The third-order valence-corrected chi connectivity index (χ3v) is 3.11. The minimum absolute atomic E-state index is 0.288. The zero-order valence-corrected chi connectivity index (χ0v) is 10.7. The molecular weight excluding hydrogens is 250 g/mol. The molecule has 0 fully saturated rings. The van der Waals surface area contributed by atoms with Crippen molar-refractivity contribution in [3.63, 3.8) is 0 Å². The molecule has 2 aromatic rings.